The van der Waals surface area contributed by atoms with Gasteiger partial charge in [-0.15, -0.1) is 0 Å². The minimum absolute atomic E-state index is 0.0373. The largest absolute Gasteiger partial charge is 0.493 e. The van der Waals surface area contributed by atoms with E-state index >= 15 is 0 Å². The van der Waals surface area contributed by atoms with Gasteiger partial charge in [-0.1, -0.05) is 17.7 Å². The first kappa shape index (κ1) is 17.2. The van der Waals surface area contributed by atoms with Gasteiger partial charge in [-0.2, -0.15) is 0 Å². The van der Waals surface area contributed by atoms with E-state index in [1.165, 1.54) is 14.2 Å². The smallest absolute Gasteiger partial charge is 0.342 e. The number of hydrogen-bond donors (Lipinski definition) is 0. The molecule has 1 heterocycles. The highest BCUT2D eigenvalue weighted by atomic mass is 35.5. The van der Waals surface area contributed by atoms with Crippen LogP contribution in [0.4, 0.5) is 0 Å². The Morgan fingerprint density at radius 2 is 1.96 bits per heavy atom. The van der Waals surface area contributed by atoms with Gasteiger partial charge in [0.25, 0.3) is 0 Å². The molecule has 0 unspecified atom stereocenters. The van der Waals surface area contributed by atoms with Gasteiger partial charge in [-0.25, -0.2) is 4.79 Å². The SMILES string of the molecule is COc1cccc(C(=O)OCc2cc(Cl)c3c(c2)OCCO3)c1OC. The van der Waals surface area contributed by atoms with Gasteiger partial charge in [0, 0.05) is 0 Å². The van der Waals surface area contributed by atoms with Gasteiger partial charge in [0.15, 0.2) is 23.0 Å². The molecule has 1 aliphatic rings. The molecule has 0 aromatic heterocycles. The molecule has 0 spiro atoms. The maximum absolute atomic E-state index is 12.4. The number of halogens is 1. The van der Waals surface area contributed by atoms with Gasteiger partial charge in [0.2, 0.25) is 0 Å². The third-order valence-corrected chi connectivity index (χ3v) is 3.93. The Morgan fingerprint density at radius 1 is 1.16 bits per heavy atom. The van der Waals surface area contributed by atoms with Crippen molar-refractivity contribution in [2.75, 3.05) is 27.4 Å². The molecule has 3 rings (SSSR count). The molecule has 0 fully saturated rings. The van der Waals surface area contributed by atoms with Crippen molar-refractivity contribution < 1.29 is 28.5 Å². The maximum atomic E-state index is 12.4. The summed E-state index contributed by atoms with van der Waals surface area (Å²) in [7, 11) is 2.97. The molecule has 6 nitrogen and oxygen atoms in total. The number of ether oxygens (including phenoxy) is 5. The van der Waals surface area contributed by atoms with E-state index in [4.69, 9.17) is 35.3 Å². The van der Waals surface area contributed by atoms with Gasteiger partial charge in [0.05, 0.1) is 19.2 Å². The van der Waals surface area contributed by atoms with Crippen molar-refractivity contribution in [1.82, 2.24) is 0 Å². The van der Waals surface area contributed by atoms with Crippen molar-refractivity contribution in [3.05, 3.63) is 46.5 Å². The Bertz CT molecular complexity index is 789. The Balaban J connectivity index is 1.76. The first-order valence-electron chi connectivity index (χ1n) is 7.60. The Kier molecular flexibility index (Phi) is 5.19. The van der Waals surface area contributed by atoms with Crippen molar-refractivity contribution in [3.63, 3.8) is 0 Å². The lowest BCUT2D eigenvalue weighted by molar-refractivity contribution is 0.0467. The van der Waals surface area contributed by atoms with Crippen molar-refractivity contribution in [1.29, 1.82) is 0 Å². The lowest BCUT2D eigenvalue weighted by Gasteiger charge is -2.20. The molecular weight excluding hydrogens is 348 g/mol. The van der Waals surface area contributed by atoms with E-state index in [0.29, 0.717) is 46.8 Å². The predicted molar refractivity (Wildman–Crippen MR) is 91.1 cm³/mol. The second-order valence-electron chi connectivity index (χ2n) is 5.22. The van der Waals surface area contributed by atoms with Crippen molar-refractivity contribution in [3.8, 4) is 23.0 Å². The minimum Gasteiger partial charge on any atom is -0.493 e. The number of esters is 1. The molecule has 0 N–H and O–H groups in total. The summed E-state index contributed by atoms with van der Waals surface area (Å²) in [6.07, 6.45) is 0. The highest BCUT2D eigenvalue weighted by Crippen LogP contribution is 2.38. The molecule has 1 aliphatic heterocycles. The first-order chi connectivity index (χ1) is 12.1. The van der Waals surface area contributed by atoms with Gasteiger partial charge in [-0.05, 0) is 29.8 Å². The van der Waals surface area contributed by atoms with E-state index in [9.17, 15) is 4.79 Å². The molecule has 0 aliphatic carbocycles. The summed E-state index contributed by atoms with van der Waals surface area (Å²) >= 11 is 6.18. The van der Waals surface area contributed by atoms with Crippen molar-refractivity contribution in [2.24, 2.45) is 0 Å². The van der Waals surface area contributed by atoms with Gasteiger partial charge in [0.1, 0.15) is 25.4 Å². The minimum atomic E-state index is -0.526. The molecular formula is C18H17ClO6. The monoisotopic (exact) mass is 364 g/mol. The highest BCUT2D eigenvalue weighted by molar-refractivity contribution is 6.32. The molecule has 25 heavy (non-hydrogen) atoms. The molecule has 0 bridgehead atoms. The fourth-order valence-electron chi connectivity index (χ4n) is 2.52. The molecule has 2 aromatic carbocycles. The average Bonchev–Trinajstić information content (AvgIpc) is 2.65. The fourth-order valence-corrected chi connectivity index (χ4v) is 2.81. The van der Waals surface area contributed by atoms with Crippen LogP contribution in [0.1, 0.15) is 15.9 Å². The molecule has 2 aromatic rings. The number of carbonyl (C=O) groups excluding carboxylic acids is 1. The number of rotatable bonds is 5. The molecule has 7 heteroatoms. The number of fused-ring (bicyclic) bond motifs is 1. The van der Waals surface area contributed by atoms with Crippen LogP contribution in [-0.4, -0.2) is 33.4 Å². The first-order valence-corrected chi connectivity index (χ1v) is 7.98. The molecule has 0 atom stereocenters. The van der Waals surface area contributed by atoms with Crippen LogP contribution in [0.15, 0.2) is 30.3 Å². The molecule has 0 radical (unpaired) electrons. The van der Waals surface area contributed by atoms with E-state index in [0.717, 1.165) is 0 Å². The maximum Gasteiger partial charge on any atom is 0.342 e. The number of benzene rings is 2. The van der Waals surface area contributed by atoms with E-state index in [1.54, 1.807) is 30.3 Å². The number of para-hydroxylation sites is 1. The van der Waals surface area contributed by atoms with Crippen LogP contribution < -0.4 is 18.9 Å². The summed E-state index contributed by atoms with van der Waals surface area (Å²) < 4.78 is 26.8. The summed E-state index contributed by atoms with van der Waals surface area (Å²) in [5.41, 5.74) is 0.981. The zero-order chi connectivity index (χ0) is 17.8. The molecule has 132 valence electrons. The van der Waals surface area contributed by atoms with Gasteiger partial charge < -0.3 is 23.7 Å². The lowest BCUT2D eigenvalue weighted by atomic mass is 10.1. The van der Waals surface area contributed by atoms with E-state index in [2.05, 4.69) is 0 Å². The summed E-state index contributed by atoms with van der Waals surface area (Å²) in [6.45, 7) is 0.944. The van der Waals surface area contributed by atoms with Crippen LogP contribution in [0.3, 0.4) is 0 Å². The van der Waals surface area contributed by atoms with Crippen LogP contribution in [0.5, 0.6) is 23.0 Å². The van der Waals surface area contributed by atoms with Crippen LogP contribution >= 0.6 is 11.6 Å². The average molecular weight is 365 g/mol. The van der Waals surface area contributed by atoms with Crippen LogP contribution in [0.2, 0.25) is 5.02 Å². The standard InChI is InChI=1S/C18H17ClO6/c1-21-14-5-3-4-12(16(14)22-2)18(20)25-10-11-8-13(19)17-15(9-11)23-6-7-24-17/h3-5,8-9H,6-7,10H2,1-2H3. The number of methoxy groups -OCH3 is 2. The Hall–Kier alpha value is -2.60. The van der Waals surface area contributed by atoms with Crippen LogP contribution in [-0.2, 0) is 11.3 Å². The topological polar surface area (TPSA) is 63.2 Å². The quantitative estimate of drug-likeness (QED) is 0.757. The van der Waals surface area contributed by atoms with Crippen molar-refractivity contribution >= 4 is 17.6 Å². The zero-order valence-corrected chi connectivity index (χ0v) is 14.6. The van der Waals surface area contributed by atoms with Gasteiger partial charge in [-0.3, -0.25) is 0 Å². The van der Waals surface area contributed by atoms with E-state index in [-0.39, 0.29) is 12.2 Å². The fraction of sp³-hybridized carbons (Fsp3) is 0.278. The van der Waals surface area contributed by atoms with E-state index in [1.807, 2.05) is 0 Å². The summed E-state index contributed by atoms with van der Waals surface area (Å²) in [6, 6.07) is 8.44. The highest BCUT2D eigenvalue weighted by Gasteiger charge is 2.20. The number of carbonyl (C=O) groups is 1. The predicted octanol–water partition coefficient (Wildman–Crippen LogP) is 3.49. The zero-order valence-electron chi connectivity index (χ0n) is 13.8. The summed E-state index contributed by atoms with van der Waals surface area (Å²) in [5.74, 6) is 1.32. The summed E-state index contributed by atoms with van der Waals surface area (Å²) in [4.78, 5) is 12.4. The van der Waals surface area contributed by atoms with Crippen LogP contribution in [0.25, 0.3) is 0 Å². The second kappa shape index (κ2) is 7.53. The number of hydrogen-bond acceptors (Lipinski definition) is 6. The van der Waals surface area contributed by atoms with Gasteiger partial charge >= 0.3 is 5.97 Å². The third kappa shape index (κ3) is 3.58. The van der Waals surface area contributed by atoms with Crippen LogP contribution in [0, 0.1) is 0 Å². The normalized spacial score (nSPS) is 12.4. The third-order valence-electron chi connectivity index (χ3n) is 3.65. The molecule has 0 saturated carbocycles. The lowest BCUT2D eigenvalue weighted by Crippen LogP contribution is -2.16. The van der Waals surface area contributed by atoms with E-state index < -0.39 is 5.97 Å². The Morgan fingerprint density at radius 3 is 2.72 bits per heavy atom. The molecule has 0 saturated heterocycles. The molecule has 0 amide bonds. The second-order valence-corrected chi connectivity index (χ2v) is 5.63. The summed E-state index contributed by atoms with van der Waals surface area (Å²) in [5, 5.41) is 0.419. The Labute approximate surface area is 150 Å². The van der Waals surface area contributed by atoms with Crippen molar-refractivity contribution in [2.45, 2.75) is 6.61 Å².